The second-order valence-corrected chi connectivity index (χ2v) is 10.6. The number of hydrogen-bond donors (Lipinski definition) is 1. The molecule has 0 radical (unpaired) electrons. The Morgan fingerprint density at radius 1 is 1.08 bits per heavy atom. The molecule has 4 aliphatic carbocycles. The van der Waals surface area contributed by atoms with Gasteiger partial charge in [-0.25, -0.2) is 8.42 Å². The summed E-state index contributed by atoms with van der Waals surface area (Å²) in [5.41, 5.74) is 0.420. The number of para-hydroxylation sites is 1. The van der Waals surface area contributed by atoms with Crippen molar-refractivity contribution in [2.75, 3.05) is 10.6 Å². The molecule has 26 heavy (non-hydrogen) atoms. The molecular weight excluding hydrogens is 348 g/mol. The van der Waals surface area contributed by atoms with Crippen LogP contribution < -0.4 is 9.62 Å². The Hall–Kier alpha value is -1.56. The summed E-state index contributed by atoms with van der Waals surface area (Å²) in [6, 6.07) is 8.12. The van der Waals surface area contributed by atoms with Gasteiger partial charge in [0.25, 0.3) is 0 Å². The van der Waals surface area contributed by atoms with Crippen molar-refractivity contribution in [1.82, 2.24) is 5.32 Å². The number of rotatable bonds is 5. The van der Waals surface area contributed by atoms with Gasteiger partial charge in [0.05, 0.1) is 11.9 Å². The number of hydrogen-bond acceptors (Lipinski definition) is 3. The van der Waals surface area contributed by atoms with Crippen LogP contribution in [0.1, 0.15) is 45.4 Å². The Labute approximate surface area is 156 Å². The number of anilines is 1. The summed E-state index contributed by atoms with van der Waals surface area (Å²) in [7, 11) is -3.56. The van der Waals surface area contributed by atoms with Gasteiger partial charge in [0.15, 0.2) is 0 Å². The maximum absolute atomic E-state index is 13.1. The molecule has 0 saturated heterocycles. The third-order valence-corrected chi connectivity index (χ3v) is 7.77. The van der Waals surface area contributed by atoms with Gasteiger partial charge in [-0.2, -0.15) is 0 Å². The van der Waals surface area contributed by atoms with E-state index in [-0.39, 0.29) is 11.4 Å². The van der Waals surface area contributed by atoms with Gasteiger partial charge in [-0.15, -0.1) is 0 Å². The maximum Gasteiger partial charge on any atom is 0.244 e. The van der Waals surface area contributed by atoms with E-state index in [0.717, 1.165) is 43.3 Å². The third-order valence-electron chi connectivity index (χ3n) is 6.53. The standard InChI is InChI=1S/C20H28N2O3S/c1-14(22(26(2,24)25)18-6-4-3-5-7-18)19(23)21-20-11-15-8-16(12-20)10-17(9-15)13-20/h3-7,14-17H,8-13H2,1-2H3,(H,21,23)/t14-,15?,16?,17?,20?/m0/s1. The summed E-state index contributed by atoms with van der Waals surface area (Å²) in [6.07, 6.45) is 8.26. The number of nitrogens with zero attached hydrogens (tertiary/aromatic N) is 1. The van der Waals surface area contributed by atoms with Crippen LogP contribution in [0.3, 0.4) is 0 Å². The molecule has 0 heterocycles. The molecule has 0 aliphatic heterocycles. The first-order valence-corrected chi connectivity index (χ1v) is 11.5. The molecule has 4 bridgehead atoms. The lowest BCUT2D eigenvalue weighted by atomic mass is 9.53. The molecule has 4 fully saturated rings. The highest BCUT2D eigenvalue weighted by Crippen LogP contribution is 2.55. The van der Waals surface area contributed by atoms with Crippen LogP contribution in [-0.2, 0) is 14.8 Å². The minimum atomic E-state index is -3.56. The predicted molar refractivity (Wildman–Crippen MR) is 102 cm³/mol. The van der Waals surface area contributed by atoms with Crippen LogP contribution in [0, 0.1) is 17.8 Å². The number of amides is 1. The fraction of sp³-hybridized carbons (Fsp3) is 0.650. The smallest absolute Gasteiger partial charge is 0.244 e. The monoisotopic (exact) mass is 376 g/mol. The Kier molecular flexibility index (Phi) is 4.29. The van der Waals surface area contributed by atoms with E-state index in [1.54, 1.807) is 31.2 Å². The first-order chi connectivity index (χ1) is 12.3. The molecule has 4 saturated carbocycles. The molecule has 0 unspecified atom stereocenters. The van der Waals surface area contributed by atoms with Gasteiger partial charge in [-0.3, -0.25) is 9.10 Å². The van der Waals surface area contributed by atoms with Crippen molar-refractivity contribution in [3.63, 3.8) is 0 Å². The Morgan fingerprint density at radius 3 is 2.04 bits per heavy atom. The number of sulfonamides is 1. The van der Waals surface area contributed by atoms with Gasteiger partial charge in [0.1, 0.15) is 6.04 Å². The molecular formula is C20H28N2O3S. The van der Waals surface area contributed by atoms with Gasteiger partial charge in [-0.05, 0) is 75.3 Å². The number of nitrogens with one attached hydrogen (secondary N) is 1. The summed E-state index contributed by atoms with van der Waals surface area (Å²) in [5.74, 6) is 2.02. The van der Waals surface area contributed by atoms with Crippen LogP contribution in [0.2, 0.25) is 0 Å². The zero-order valence-electron chi connectivity index (χ0n) is 15.5. The van der Waals surface area contributed by atoms with E-state index >= 15 is 0 Å². The van der Waals surface area contributed by atoms with E-state index in [2.05, 4.69) is 5.32 Å². The lowest BCUT2D eigenvalue weighted by Crippen LogP contribution is -2.62. The second kappa shape index (κ2) is 6.25. The molecule has 5 rings (SSSR count). The largest absolute Gasteiger partial charge is 0.349 e. The highest BCUT2D eigenvalue weighted by Gasteiger charge is 2.52. The van der Waals surface area contributed by atoms with E-state index in [9.17, 15) is 13.2 Å². The van der Waals surface area contributed by atoms with Crippen LogP contribution >= 0.6 is 0 Å². The van der Waals surface area contributed by atoms with Crippen molar-refractivity contribution in [1.29, 1.82) is 0 Å². The van der Waals surface area contributed by atoms with Crippen molar-refractivity contribution in [2.24, 2.45) is 17.8 Å². The van der Waals surface area contributed by atoms with Gasteiger partial charge >= 0.3 is 0 Å². The van der Waals surface area contributed by atoms with Gasteiger partial charge in [0, 0.05) is 5.54 Å². The lowest BCUT2D eigenvalue weighted by Gasteiger charge is -2.57. The van der Waals surface area contributed by atoms with Gasteiger partial charge < -0.3 is 5.32 Å². The van der Waals surface area contributed by atoms with Gasteiger partial charge in [0.2, 0.25) is 15.9 Å². The summed E-state index contributed by atoms with van der Waals surface area (Å²) >= 11 is 0. The normalized spacial score (nSPS) is 33.7. The van der Waals surface area contributed by atoms with Crippen molar-refractivity contribution >= 4 is 21.6 Å². The molecule has 1 aromatic rings. The molecule has 4 aliphatic rings. The fourth-order valence-corrected chi connectivity index (χ4v) is 7.19. The van der Waals surface area contributed by atoms with E-state index in [4.69, 9.17) is 0 Å². The van der Waals surface area contributed by atoms with E-state index in [1.165, 1.54) is 23.6 Å². The van der Waals surface area contributed by atoms with E-state index < -0.39 is 16.1 Å². The molecule has 6 heteroatoms. The topological polar surface area (TPSA) is 66.5 Å². The van der Waals surface area contributed by atoms with Crippen LogP contribution in [0.4, 0.5) is 5.69 Å². The van der Waals surface area contributed by atoms with Crippen LogP contribution in [0.15, 0.2) is 30.3 Å². The van der Waals surface area contributed by atoms with Crippen molar-refractivity contribution in [3.8, 4) is 0 Å². The minimum Gasteiger partial charge on any atom is -0.349 e. The lowest BCUT2D eigenvalue weighted by molar-refractivity contribution is -0.127. The molecule has 0 aromatic heterocycles. The molecule has 0 spiro atoms. The van der Waals surface area contributed by atoms with E-state index in [1.807, 2.05) is 6.07 Å². The maximum atomic E-state index is 13.1. The van der Waals surface area contributed by atoms with Crippen LogP contribution in [0.5, 0.6) is 0 Å². The predicted octanol–water partition coefficient (Wildman–Crippen LogP) is 2.93. The first-order valence-electron chi connectivity index (χ1n) is 9.62. The number of carbonyl (C=O) groups excluding carboxylic acids is 1. The minimum absolute atomic E-state index is 0.111. The highest BCUT2D eigenvalue weighted by molar-refractivity contribution is 7.92. The molecule has 1 aromatic carbocycles. The Bertz CT molecular complexity index is 755. The zero-order valence-corrected chi connectivity index (χ0v) is 16.3. The van der Waals surface area contributed by atoms with E-state index in [0.29, 0.717) is 5.69 Å². The summed E-state index contributed by atoms with van der Waals surface area (Å²) in [5, 5.41) is 3.30. The summed E-state index contributed by atoms with van der Waals surface area (Å²) in [6.45, 7) is 1.68. The Balaban J connectivity index is 1.55. The van der Waals surface area contributed by atoms with Crippen LogP contribution in [-0.4, -0.2) is 32.2 Å². The zero-order chi connectivity index (χ0) is 18.5. The summed E-state index contributed by atoms with van der Waals surface area (Å²) < 4.78 is 26.0. The average Bonchev–Trinajstić information content (AvgIpc) is 2.52. The molecule has 1 N–H and O–H groups in total. The van der Waals surface area contributed by atoms with Crippen LogP contribution in [0.25, 0.3) is 0 Å². The van der Waals surface area contributed by atoms with Crippen molar-refractivity contribution in [3.05, 3.63) is 30.3 Å². The average molecular weight is 377 g/mol. The highest BCUT2D eigenvalue weighted by atomic mass is 32.2. The Morgan fingerprint density at radius 2 is 1.58 bits per heavy atom. The fourth-order valence-electron chi connectivity index (χ4n) is 6.01. The number of benzene rings is 1. The third kappa shape index (κ3) is 3.24. The quantitative estimate of drug-likeness (QED) is 0.859. The van der Waals surface area contributed by atoms with Gasteiger partial charge in [-0.1, -0.05) is 18.2 Å². The summed E-state index contributed by atoms with van der Waals surface area (Å²) in [4.78, 5) is 13.1. The second-order valence-electron chi connectivity index (χ2n) is 8.76. The molecule has 142 valence electrons. The molecule has 5 nitrogen and oxygen atoms in total. The van der Waals surface area contributed by atoms with Crippen molar-refractivity contribution in [2.45, 2.75) is 57.0 Å². The molecule has 1 atom stereocenters. The van der Waals surface area contributed by atoms with Crippen molar-refractivity contribution < 1.29 is 13.2 Å². The molecule has 1 amide bonds. The first kappa shape index (κ1) is 17.8. The number of carbonyl (C=O) groups is 1. The SMILES string of the molecule is C[C@@H](C(=O)NC12CC3CC(CC(C3)C1)C2)N(c1ccccc1)S(C)(=O)=O.